The lowest BCUT2D eigenvalue weighted by Crippen LogP contribution is -2.30. The molecule has 0 spiro atoms. The summed E-state index contributed by atoms with van der Waals surface area (Å²) in [6, 6.07) is 4.57. The van der Waals surface area contributed by atoms with E-state index in [1.54, 1.807) is 5.38 Å². The van der Waals surface area contributed by atoms with E-state index in [0.29, 0.717) is 29.4 Å². The van der Waals surface area contributed by atoms with Crippen LogP contribution in [0.4, 0.5) is 13.2 Å². The molecule has 3 aromatic heterocycles. The molecule has 0 saturated heterocycles. The van der Waals surface area contributed by atoms with Gasteiger partial charge in [0.15, 0.2) is 5.69 Å². The van der Waals surface area contributed by atoms with Crippen molar-refractivity contribution >= 4 is 17.2 Å². The minimum absolute atomic E-state index is 0.170. The van der Waals surface area contributed by atoms with Crippen LogP contribution in [0.25, 0.3) is 11.4 Å². The number of aromatic amines is 1. The molecule has 0 aliphatic carbocycles. The summed E-state index contributed by atoms with van der Waals surface area (Å²) >= 11 is 1.30. The first-order chi connectivity index (χ1) is 13.8. The molecular weight excluding hydrogens is 409 g/mol. The summed E-state index contributed by atoms with van der Waals surface area (Å²) in [6.45, 7) is 0.115. The monoisotopic (exact) mass is 426 g/mol. The van der Waals surface area contributed by atoms with Gasteiger partial charge < -0.3 is 21.1 Å². The molecule has 12 heteroatoms. The Balaban J connectivity index is 1.74. The number of nitrogens with one attached hydrogen (secondary N) is 2. The molecule has 0 bridgehead atoms. The predicted molar refractivity (Wildman–Crippen MR) is 98.7 cm³/mol. The highest BCUT2D eigenvalue weighted by molar-refractivity contribution is 7.09. The van der Waals surface area contributed by atoms with E-state index < -0.39 is 23.8 Å². The fraction of sp³-hybridized carbons (Fsp3) is 0.294. The molecule has 154 valence electrons. The molecule has 0 radical (unpaired) electrons. The Morgan fingerprint density at radius 1 is 1.28 bits per heavy atom. The number of thiazole rings is 1. The summed E-state index contributed by atoms with van der Waals surface area (Å²) in [5.41, 5.74) is 5.74. The number of amides is 1. The molecule has 5 N–H and O–H groups in total. The zero-order valence-corrected chi connectivity index (χ0v) is 15.7. The van der Waals surface area contributed by atoms with Crippen LogP contribution < -0.4 is 11.1 Å². The number of aliphatic hydroxyl groups excluding tert-OH is 1. The molecule has 1 unspecified atom stereocenters. The summed E-state index contributed by atoms with van der Waals surface area (Å²) in [5, 5.41) is 21.0. The topological polar surface area (TPSA) is 130 Å². The highest BCUT2D eigenvalue weighted by Crippen LogP contribution is 2.28. The van der Waals surface area contributed by atoms with Gasteiger partial charge in [-0.1, -0.05) is 0 Å². The SMILES string of the molecule is NCCC(NC(=O)c1ccc(-c2ccc(C(F)(F)F)nn2)[nH]1)c1nc(CO)cs1. The maximum absolute atomic E-state index is 12.6. The molecule has 0 aromatic carbocycles. The quantitative estimate of drug-likeness (QED) is 0.459. The number of rotatable bonds is 7. The molecule has 3 rings (SSSR count). The van der Waals surface area contributed by atoms with E-state index in [0.717, 1.165) is 6.07 Å². The van der Waals surface area contributed by atoms with E-state index in [1.807, 2.05) is 0 Å². The summed E-state index contributed by atoms with van der Waals surface area (Å²) in [5.74, 6) is -0.435. The van der Waals surface area contributed by atoms with Gasteiger partial charge in [0.05, 0.1) is 24.0 Å². The Morgan fingerprint density at radius 2 is 2.07 bits per heavy atom. The van der Waals surface area contributed by atoms with Crippen LogP contribution in [0.3, 0.4) is 0 Å². The maximum Gasteiger partial charge on any atom is 0.435 e. The van der Waals surface area contributed by atoms with Crippen molar-refractivity contribution in [2.24, 2.45) is 5.73 Å². The molecule has 0 fully saturated rings. The molecule has 29 heavy (non-hydrogen) atoms. The standard InChI is InChI=1S/C17H17F3N6O2S/c18-17(19,20)14-4-3-11(25-26-14)10-1-2-12(23-10)15(28)24-13(5-6-21)16-22-9(7-27)8-29-16/h1-4,8,13,23,27H,5-7,21H2,(H,24,28). The summed E-state index contributed by atoms with van der Waals surface area (Å²) in [4.78, 5) is 19.6. The molecule has 0 saturated carbocycles. The Kier molecular flexibility index (Phi) is 6.25. The normalized spacial score (nSPS) is 12.7. The van der Waals surface area contributed by atoms with Crippen molar-refractivity contribution in [3.63, 3.8) is 0 Å². The van der Waals surface area contributed by atoms with Gasteiger partial charge in [0, 0.05) is 5.38 Å². The van der Waals surface area contributed by atoms with E-state index in [2.05, 4.69) is 25.5 Å². The van der Waals surface area contributed by atoms with Crippen molar-refractivity contribution < 1.29 is 23.1 Å². The first kappa shape index (κ1) is 20.9. The second-order valence-corrected chi connectivity index (χ2v) is 6.92. The summed E-state index contributed by atoms with van der Waals surface area (Å²) < 4.78 is 37.8. The van der Waals surface area contributed by atoms with Gasteiger partial charge in [-0.25, -0.2) is 4.98 Å². The van der Waals surface area contributed by atoms with Crippen LogP contribution >= 0.6 is 11.3 Å². The van der Waals surface area contributed by atoms with E-state index in [-0.39, 0.29) is 18.0 Å². The predicted octanol–water partition coefficient (Wildman–Crippen LogP) is 2.26. The number of H-pyrrole nitrogens is 1. The first-order valence-corrected chi connectivity index (χ1v) is 9.36. The number of halogens is 3. The van der Waals surface area contributed by atoms with Gasteiger partial charge in [-0.05, 0) is 37.2 Å². The third-order valence-corrected chi connectivity index (χ3v) is 4.96. The van der Waals surface area contributed by atoms with Crippen molar-refractivity contribution in [2.75, 3.05) is 6.54 Å². The fourth-order valence-corrected chi connectivity index (χ4v) is 3.41. The van der Waals surface area contributed by atoms with E-state index in [9.17, 15) is 18.0 Å². The Hall–Kier alpha value is -2.83. The molecule has 0 aliphatic rings. The van der Waals surface area contributed by atoms with Crippen molar-refractivity contribution in [3.8, 4) is 11.4 Å². The van der Waals surface area contributed by atoms with Crippen LogP contribution in [0.2, 0.25) is 0 Å². The van der Waals surface area contributed by atoms with Gasteiger partial charge >= 0.3 is 6.18 Å². The Bertz CT molecular complexity index is 970. The minimum atomic E-state index is -4.57. The summed E-state index contributed by atoms with van der Waals surface area (Å²) in [7, 11) is 0. The highest BCUT2D eigenvalue weighted by Gasteiger charge is 2.33. The van der Waals surface area contributed by atoms with Crippen LogP contribution in [0, 0.1) is 0 Å². The van der Waals surface area contributed by atoms with Crippen molar-refractivity contribution in [1.29, 1.82) is 0 Å². The lowest BCUT2D eigenvalue weighted by molar-refractivity contribution is -0.141. The van der Waals surface area contributed by atoms with Gasteiger partial charge in [0.1, 0.15) is 16.4 Å². The second-order valence-electron chi connectivity index (χ2n) is 6.03. The van der Waals surface area contributed by atoms with Crippen LogP contribution in [0.15, 0.2) is 29.6 Å². The molecule has 8 nitrogen and oxygen atoms in total. The lowest BCUT2D eigenvalue weighted by atomic mass is 10.2. The third kappa shape index (κ3) is 4.96. The second kappa shape index (κ2) is 8.68. The first-order valence-electron chi connectivity index (χ1n) is 8.48. The average Bonchev–Trinajstić information content (AvgIpc) is 3.37. The average molecular weight is 426 g/mol. The van der Waals surface area contributed by atoms with Crippen LogP contribution in [-0.2, 0) is 12.8 Å². The molecule has 3 heterocycles. The molecule has 1 atom stereocenters. The molecule has 0 aliphatic heterocycles. The number of alkyl halides is 3. The third-order valence-electron chi connectivity index (χ3n) is 3.95. The van der Waals surface area contributed by atoms with Crippen LogP contribution in [-0.4, -0.2) is 37.7 Å². The van der Waals surface area contributed by atoms with E-state index in [4.69, 9.17) is 10.8 Å². The number of hydrogen-bond acceptors (Lipinski definition) is 7. The zero-order chi connectivity index (χ0) is 21.0. The van der Waals surface area contributed by atoms with Crippen molar-refractivity contribution in [1.82, 2.24) is 25.5 Å². The largest absolute Gasteiger partial charge is 0.435 e. The van der Waals surface area contributed by atoms with Gasteiger partial charge in [-0.3, -0.25) is 4.79 Å². The van der Waals surface area contributed by atoms with Gasteiger partial charge in [0.25, 0.3) is 5.91 Å². The van der Waals surface area contributed by atoms with Crippen molar-refractivity contribution in [3.05, 3.63) is 51.7 Å². The van der Waals surface area contributed by atoms with Crippen LogP contribution in [0.1, 0.15) is 39.3 Å². The maximum atomic E-state index is 12.6. The number of nitrogens with two attached hydrogens (primary N) is 1. The highest BCUT2D eigenvalue weighted by atomic mass is 32.1. The number of nitrogens with zero attached hydrogens (tertiary/aromatic N) is 3. The van der Waals surface area contributed by atoms with E-state index in [1.165, 1.54) is 29.5 Å². The number of aromatic nitrogens is 4. The van der Waals surface area contributed by atoms with Gasteiger partial charge in [0.2, 0.25) is 0 Å². The van der Waals surface area contributed by atoms with E-state index >= 15 is 0 Å². The fourth-order valence-electron chi connectivity index (χ4n) is 2.52. The van der Waals surface area contributed by atoms with Gasteiger partial charge in [-0.15, -0.1) is 21.5 Å². The zero-order valence-electron chi connectivity index (χ0n) is 14.9. The minimum Gasteiger partial charge on any atom is -0.390 e. The smallest absolute Gasteiger partial charge is 0.390 e. The Labute approximate surface area is 167 Å². The number of hydrogen-bond donors (Lipinski definition) is 4. The van der Waals surface area contributed by atoms with Crippen LogP contribution in [0.5, 0.6) is 0 Å². The molecular formula is C17H17F3N6O2S. The number of aliphatic hydroxyl groups is 1. The van der Waals surface area contributed by atoms with Gasteiger partial charge in [-0.2, -0.15) is 13.2 Å². The molecule has 3 aromatic rings. The Morgan fingerprint density at radius 3 is 2.66 bits per heavy atom. The number of carbonyl (C=O) groups is 1. The lowest BCUT2D eigenvalue weighted by Gasteiger charge is -2.15. The summed E-state index contributed by atoms with van der Waals surface area (Å²) in [6.07, 6.45) is -4.13. The number of carbonyl (C=O) groups excluding carboxylic acids is 1. The van der Waals surface area contributed by atoms with Crippen molar-refractivity contribution in [2.45, 2.75) is 25.2 Å². The molecule has 1 amide bonds.